The van der Waals surface area contributed by atoms with Gasteiger partial charge in [0, 0.05) is 5.56 Å². The van der Waals surface area contributed by atoms with Crippen molar-refractivity contribution in [2.45, 2.75) is 12.2 Å². The summed E-state index contributed by atoms with van der Waals surface area (Å²) in [7, 11) is 0. The van der Waals surface area contributed by atoms with Gasteiger partial charge in [-0.15, -0.1) is 0 Å². The van der Waals surface area contributed by atoms with E-state index in [1.165, 1.54) is 11.1 Å². The lowest BCUT2D eigenvalue weighted by atomic mass is 10.1. The smallest absolute Gasteiger partial charge is 0.270 e. The lowest BCUT2D eigenvalue weighted by molar-refractivity contribution is -0.137. The zero-order valence-corrected chi connectivity index (χ0v) is 10.6. The van der Waals surface area contributed by atoms with Gasteiger partial charge in [0.1, 0.15) is 0 Å². The Morgan fingerprint density at radius 1 is 1.00 bits per heavy atom. The summed E-state index contributed by atoms with van der Waals surface area (Å²) in [5.41, 5.74) is 1.22. The van der Waals surface area contributed by atoms with E-state index in [2.05, 4.69) is 0 Å². The molecular weight excluding hydrogens is 281 g/mol. The van der Waals surface area contributed by atoms with Crippen LogP contribution in [0.4, 0.5) is 24.5 Å². The molecule has 0 aromatic heterocycles. The Morgan fingerprint density at radius 3 is 2.48 bits per heavy atom. The van der Waals surface area contributed by atoms with Gasteiger partial charge in [0.25, 0.3) is 5.91 Å². The first kappa shape index (κ1) is 12.3. The summed E-state index contributed by atoms with van der Waals surface area (Å²) in [6, 6.07) is 11.7. The van der Waals surface area contributed by atoms with Crippen LogP contribution in [0.25, 0.3) is 0 Å². The van der Waals surface area contributed by atoms with E-state index in [1.807, 2.05) is 12.1 Å². The van der Waals surface area contributed by atoms with E-state index < -0.39 is 17.8 Å². The maximum atomic E-state index is 12.8. The molecule has 2 aliphatic heterocycles. The number of nitrogens with zero attached hydrogens (tertiary/aromatic N) is 2. The van der Waals surface area contributed by atoms with Crippen LogP contribution in [0.15, 0.2) is 48.5 Å². The van der Waals surface area contributed by atoms with E-state index in [1.54, 1.807) is 23.2 Å². The molecule has 1 unspecified atom stereocenters. The SMILES string of the molecule is O=C1C2c3ccccc3N1N2c1cccc(C(F)(F)F)c1. The van der Waals surface area contributed by atoms with Crippen LogP contribution in [-0.4, -0.2) is 5.91 Å². The molecule has 2 aliphatic rings. The second-order valence-electron chi connectivity index (χ2n) is 5.00. The number of fused-ring (bicyclic) bond motifs is 5. The Kier molecular flexibility index (Phi) is 2.21. The van der Waals surface area contributed by atoms with Gasteiger partial charge in [0.15, 0.2) is 6.04 Å². The van der Waals surface area contributed by atoms with Crippen LogP contribution in [0.1, 0.15) is 17.2 Å². The Bertz CT molecular complexity index is 724. The molecule has 0 spiro atoms. The molecular formula is C15H9F3N2O. The highest BCUT2D eigenvalue weighted by Gasteiger charge is 2.55. The van der Waals surface area contributed by atoms with Crippen LogP contribution in [0, 0.1) is 0 Å². The van der Waals surface area contributed by atoms with Crippen LogP contribution < -0.4 is 10.0 Å². The van der Waals surface area contributed by atoms with Crippen molar-refractivity contribution >= 4 is 17.3 Å². The van der Waals surface area contributed by atoms with Crippen LogP contribution in [0.5, 0.6) is 0 Å². The maximum absolute atomic E-state index is 12.8. The van der Waals surface area contributed by atoms with Crippen molar-refractivity contribution in [2.75, 3.05) is 10.0 Å². The number of hydrazine groups is 1. The summed E-state index contributed by atoms with van der Waals surface area (Å²) in [4.78, 5) is 12.0. The molecule has 1 atom stereocenters. The Labute approximate surface area is 118 Å². The Balaban J connectivity index is 1.77. The first-order valence-electron chi connectivity index (χ1n) is 6.38. The summed E-state index contributed by atoms with van der Waals surface area (Å²) < 4.78 is 38.4. The van der Waals surface area contributed by atoms with Gasteiger partial charge in [-0.05, 0) is 24.3 Å². The molecule has 4 rings (SSSR count). The summed E-state index contributed by atoms with van der Waals surface area (Å²) in [6.45, 7) is 0. The minimum atomic E-state index is -4.40. The fourth-order valence-corrected chi connectivity index (χ4v) is 2.89. The third-order valence-electron chi connectivity index (χ3n) is 3.80. The van der Waals surface area contributed by atoms with E-state index in [-0.39, 0.29) is 5.91 Å². The number of benzene rings is 2. The van der Waals surface area contributed by atoms with E-state index in [4.69, 9.17) is 0 Å². The molecule has 106 valence electrons. The van der Waals surface area contributed by atoms with E-state index in [9.17, 15) is 18.0 Å². The van der Waals surface area contributed by atoms with Gasteiger partial charge in [-0.2, -0.15) is 13.2 Å². The summed E-state index contributed by atoms with van der Waals surface area (Å²) >= 11 is 0. The van der Waals surface area contributed by atoms with E-state index in [0.29, 0.717) is 5.69 Å². The molecule has 0 radical (unpaired) electrons. The first-order chi connectivity index (χ1) is 9.98. The lowest BCUT2D eigenvalue weighted by Crippen LogP contribution is -2.59. The largest absolute Gasteiger partial charge is 0.416 e. The van der Waals surface area contributed by atoms with Crippen molar-refractivity contribution in [3.63, 3.8) is 0 Å². The van der Waals surface area contributed by atoms with Crippen LogP contribution >= 0.6 is 0 Å². The van der Waals surface area contributed by atoms with E-state index >= 15 is 0 Å². The Morgan fingerprint density at radius 2 is 1.76 bits per heavy atom. The summed E-state index contributed by atoms with van der Waals surface area (Å²) in [5.74, 6) is -0.103. The number of amides is 1. The normalized spacial score (nSPS) is 19.6. The van der Waals surface area contributed by atoms with Crippen molar-refractivity contribution in [2.24, 2.45) is 0 Å². The van der Waals surface area contributed by atoms with Crippen molar-refractivity contribution in [1.82, 2.24) is 0 Å². The number of carbonyl (C=O) groups is 1. The van der Waals surface area contributed by atoms with Gasteiger partial charge in [-0.25, -0.2) is 5.01 Å². The molecule has 21 heavy (non-hydrogen) atoms. The third kappa shape index (κ3) is 1.53. The molecule has 0 saturated carbocycles. The highest BCUT2D eigenvalue weighted by molar-refractivity contribution is 6.15. The number of anilines is 2. The number of hydrogen-bond acceptors (Lipinski definition) is 2. The lowest BCUT2D eigenvalue weighted by Gasteiger charge is -2.43. The van der Waals surface area contributed by atoms with Crippen molar-refractivity contribution in [3.8, 4) is 0 Å². The van der Waals surface area contributed by atoms with Gasteiger partial charge < -0.3 is 0 Å². The summed E-state index contributed by atoms with van der Waals surface area (Å²) in [5, 5.41) is 3.03. The van der Waals surface area contributed by atoms with Crippen LogP contribution in [0.3, 0.4) is 0 Å². The van der Waals surface area contributed by atoms with Crippen molar-refractivity contribution in [3.05, 3.63) is 59.7 Å². The number of carbonyl (C=O) groups excluding carboxylic acids is 1. The molecule has 2 aromatic carbocycles. The molecule has 6 heteroatoms. The minimum absolute atomic E-state index is 0.103. The van der Waals surface area contributed by atoms with Crippen molar-refractivity contribution in [1.29, 1.82) is 0 Å². The molecule has 1 amide bonds. The zero-order chi connectivity index (χ0) is 14.8. The zero-order valence-electron chi connectivity index (χ0n) is 10.6. The predicted molar refractivity (Wildman–Crippen MR) is 70.6 cm³/mol. The second-order valence-corrected chi connectivity index (χ2v) is 5.00. The standard InChI is InChI=1S/C15H9F3N2O/c16-15(17,18)9-4-3-5-10(8-9)19-13-11-6-1-2-7-12(11)20(19)14(13)21/h1-8,13H. The first-order valence-corrected chi connectivity index (χ1v) is 6.38. The fraction of sp³-hybridized carbons (Fsp3) is 0.133. The van der Waals surface area contributed by atoms with Crippen molar-refractivity contribution < 1.29 is 18.0 Å². The molecule has 1 fully saturated rings. The fourth-order valence-electron chi connectivity index (χ4n) is 2.89. The number of halogens is 3. The quantitative estimate of drug-likeness (QED) is 0.802. The molecule has 1 saturated heterocycles. The van der Waals surface area contributed by atoms with Gasteiger partial charge in [0.2, 0.25) is 0 Å². The number of alkyl halides is 3. The average Bonchev–Trinajstić information content (AvgIpc) is 2.95. The molecule has 2 bridgehead atoms. The molecule has 0 N–H and O–H groups in total. The highest BCUT2D eigenvalue weighted by Crippen LogP contribution is 2.52. The number of hydrogen-bond donors (Lipinski definition) is 0. The number of para-hydroxylation sites is 1. The van der Waals surface area contributed by atoms with Crippen LogP contribution in [-0.2, 0) is 11.0 Å². The minimum Gasteiger partial charge on any atom is -0.270 e. The molecule has 2 heterocycles. The van der Waals surface area contributed by atoms with Gasteiger partial charge in [-0.3, -0.25) is 9.80 Å². The molecule has 3 nitrogen and oxygen atoms in total. The molecule has 2 aromatic rings. The summed E-state index contributed by atoms with van der Waals surface area (Å²) in [6.07, 6.45) is -4.40. The number of rotatable bonds is 1. The van der Waals surface area contributed by atoms with Gasteiger partial charge >= 0.3 is 6.18 Å². The van der Waals surface area contributed by atoms with Crippen LogP contribution in [0.2, 0.25) is 0 Å². The predicted octanol–water partition coefficient (Wildman–Crippen LogP) is 3.53. The van der Waals surface area contributed by atoms with Gasteiger partial charge in [-0.1, -0.05) is 24.3 Å². The van der Waals surface area contributed by atoms with Gasteiger partial charge in [0.05, 0.1) is 16.9 Å². The topological polar surface area (TPSA) is 23.6 Å². The monoisotopic (exact) mass is 290 g/mol. The third-order valence-corrected chi connectivity index (χ3v) is 3.80. The van der Waals surface area contributed by atoms with E-state index in [0.717, 1.165) is 23.4 Å². The molecule has 0 aliphatic carbocycles. The highest BCUT2D eigenvalue weighted by atomic mass is 19.4. The maximum Gasteiger partial charge on any atom is 0.416 e. The Hall–Kier alpha value is -2.50. The average molecular weight is 290 g/mol. The second kappa shape index (κ2) is 3.78.